The van der Waals surface area contributed by atoms with E-state index in [1.807, 2.05) is 32.9 Å². The molecule has 0 aliphatic carbocycles. The number of carbonyl (C=O) groups excluding carboxylic acids is 1. The van der Waals surface area contributed by atoms with Gasteiger partial charge in [0.2, 0.25) is 5.88 Å². The van der Waals surface area contributed by atoms with Crippen LogP contribution in [0.5, 0.6) is 11.6 Å². The molecule has 1 aromatic carbocycles. The number of hydrogen-bond donors (Lipinski definition) is 0. The van der Waals surface area contributed by atoms with Crippen LogP contribution in [0.15, 0.2) is 30.5 Å². The molecule has 3 nitrogen and oxygen atoms in total. The van der Waals surface area contributed by atoms with Crippen LogP contribution in [0.3, 0.4) is 0 Å². The maximum Gasteiger partial charge on any atom is 0.222 e. The number of rotatable bonds is 3. The summed E-state index contributed by atoms with van der Waals surface area (Å²) in [6.07, 6.45) is 2.29. The van der Waals surface area contributed by atoms with Crippen LogP contribution in [0.4, 0.5) is 0 Å². The molecule has 1 aromatic heterocycles. The Morgan fingerprint density at radius 1 is 1.06 bits per heavy atom. The van der Waals surface area contributed by atoms with Gasteiger partial charge in [-0.3, -0.25) is 4.79 Å². The quantitative estimate of drug-likeness (QED) is 0.770. The Morgan fingerprint density at radius 2 is 1.72 bits per heavy atom. The number of carbonyl (C=O) groups is 1. The minimum atomic E-state index is 0.533. The van der Waals surface area contributed by atoms with Crippen molar-refractivity contribution < 1.29 is 9.53 Å². The highest BCUT2D eigenvalue weighted by Gasteiger charge is 2.05. The van der Waals surface area contributed by atoms with Gasteiger partial charge in [-0.1, -0.05) is 6.07 Å². The molecule has 2 rings (SSSR count). The van der Waals surface area contributed by atoms with Gasteiger partial charge in [0.15, 0.2) is 6.29 Å². The van der Waals surface area contributed by atoms with E-state index in [4.69, 9.17) is 4.74 Å². The van der Waals surface area contributed by atoms with Gasteiger partial charge in [-0.2, -0.15) is 0 Å². The van der Waals surface area contributed by atoms with Gasteiger partial charge >= 0.3 is 0 Å². The van der Waals surface area contributed by atoms with Crippen molar-refractivity contribution >= 4 is 6.29 Å². The van der Waals surface area contributed by atoms with Gasteiger partial charge in [0.1, 0.15) is 5.75 Å². The molecule has 0 aliphatic heterocycles. The summed E-state index contributed by atoms with van der Waals surface area (Å²) in [5.41, 5.74) is 3.69. The second kappa shape index (κ2) is 5.00. The number of hydrogen-bond acceptors (Lipinski definition) is 3. The number of benzene rings is 1. The summed E-state index contributed by atoms with van der Waals surface area (Å²) in [5, 5.41) is 0. The Kier molecular flexibility index (Phi) is 3.42. The van der Waals surface area contributed by atoms with Gasteiger partial charge in [0.05, 0.1) is 0 Å². The summed E-state index contributed by atoms with van der Waals surface area (Å²) >= 11 is 0. The number of ether oxygens (including phenoxy) is 1. The highest BCUT2D eigenvalue weighted by Crippen LogP contribution is 2.24. The predicted molar refractivity (Wildman–Crippen MR) is 70.4 cm³/mol. The maximum atomic E-state index is 10.6. The molecule has 92 valence electrons. The van der Waals surface area contributed by atoms with Crippen molar-refractivity contribution in [1.29, 1.82) is 0 Å². The normalized spacial score (nSPS) is 10.2. The molecule has 1 heterocycles. The van der Waals surface area contributed by atoms with E-state index in [1.165, 1.54) is 6.20 Å². The van der Waals surface area contributed by atoms with Crippen LogP contribution in [-0.2, 0) is 0 Å². The number of pyridine rings is 1. The third-order valence-electron chi connectivity index (χ3n) is 2.60. The molecule has 0 spiro atoms. The fourth-order valence-corrected chi connectivity index (χ4v) is 1.86. The van der Waals surface area contributed by atoms with Gasteiger partial charge in [-0.25, -0.2) is 4.98 Å². The zero-order valence-corrected chi connectivity index (χ0v) is 10.7. The fourth-order valence-electron chi connectivity index (χ4n) is 1.86. The Balaban J connectivity index is 2.31. The Morgan fingerprint density at radius 3 is 2.28 bits per heavy atom. The molecular weight excluding hydrogens is 226 g/mol. The minimum absolute atomic E-state index is 0.533. The summed E-state index contributed by atoms with van der Waals surface area (Å²) in [4.78, 5) is 14.8. The first kappa shape index (κ1) is 12.3. The van der Waals surface area contributed by atoms with Gasteiger partial charge in [0, 0.05) is 17.3 Å². The topological polar surface area (TPSA) is 39.2 Å². The maximum absolute atomic E-state index is 10.6. The van der Waals surface area contributed by atoms with Gasteiger partial charge in [-0.05, 0) is 50.1 Å². The van der Waals surface area contributed by atoms with Crippen LogP contribution < -0.4 is 4.74 Å². The summed E-state index contributed by atoms with van der Waals surface area (Å²) in [7, 11) is 0. The highest BCUT2D eigenvalue weighted by atomic mass is 16.5. The van der Waals surface area contributed by atoms with Crippen LogP contribution >= 0.6 is 0 Å². The van der Waals surface area contributed by atoms with E-state index in [-0.39, 0.29) is 0 Å². The number of aryl methyl sites for hydroxylation is 3. The Bertz CT molecular complexity index is 571. The molecule has 2 aromatic rings. The number of aldehydes is 1. The third kappa shape index (κ3) is 2.74. The smallest absolute Gasteiger partial charge is 0.222 e. The molecule has 0 saturated carbocycles. The van der Waals surface area contributed by atoms with E-state index < -0.39 is 0 Å². The lowest BCUT2D eigenvalue weighted by Crippen LogP contribution is -1.94. The van der Waals surface area contributed by atoms with E-state index in [9.17, 15) is 4.79 Å². The first-order chi connectivity index (χ1) is 8.58. The second-order valence-corrected chi connectivity index (χ2v) is 4.43. The molecule has 0 aliphatic rings. The van der Waals surface area contributed by atoms with Crippen molar-refractivity contribution in [1.82, 2.24) is 4.98 Å². The Labute approximate surface area is 106 Å². The largest absolute Gasteiger partial charge is 0.439 e. The van der Waals surface area contributed by atoms with Gasteiger partial charge in [-0.15, -0.1) is 0 Å². The molecule has 0 bridgehead atoms. The molecule has 0 saturated heterocycles. The average molecular weight is 241 g/mol. The first-order valence-electron chi connectivity index (χ1n) is 5.76. The molecule has 0 fully saturated rings. The Hall–Kier alpha value is -2.16. The lowest BCUT2D eigenvalue weighted by Gasteiger charge is -2.09. The van der Waals surface area contributed by atoms with E-state index in [1.54, 1.807) is 6.07 Å². The lowest BCUT2D eigenvalue weighted by molar-refractivity contribution is 0.112. The molecular formula is C15H15NO2. The van der Waals surface area contributed by atoms with Crippen molar-refractivity contribution in [2.75, 3.05) is 0 Å². The minimum Gasteiger partial charge on any atom is -0.439 e. The van der Waals surface area contributed by atoms with Crippen molar-refractivity contribution in [2.45, 2.75) is 20.8 Å². The predicted octanol–water partition coefficient (Wildman–Crippen LogP) is 3.61. The lowest BCUT2D eigenvalue weighted by atomic mass is 10.1. The van der Waals surface area contributed by atoms with Gasteiger partial charge in [0.25, 0.3) is 0 Å². The van der Waals surface area contributed by atoms with E-state index >= 15 is 0 Å². The van der Waals surface area contributed by atoms with Crippen molar-refractivity contribution in [3.8, 4) is 11.6 Å². The average Bonchev–Trinajstić information content (AvgIpc) is 2.30. The molecule has 3 heteroatoms. The van der Waals surface area contributed by atoms with E-state index in [0.29, 0.717) is 11.4 Å². The van der Waals surface area contributed by atoms with E-state index in [0.717, 1.165) is 28.7 Å². The first-order valence-corrected chi connectivity index (χ1v) is 5.76. The van der Waals surface area contributed by atoms with Gasteiger partial charge < -0.3 is 4.74 Å². The van der Waals surface area contributed by atoms with Crippen LogP contribution in [0.2, 0.25) is 0 Å². The molecule has 0 amide bonds. The molecule has 0 radical (unpaired) electrons. The molecule has 0 N–H and O–H groups in total. The van der Waals surface area contributed by atoms with Crippen molar-refractivity contribution in [3.05, 3.63) is 52.7 Å². The van der Waals surface area contributed by atoms with Crippen LogP contribution in [0, 0.1) is 20.8 Å². The summed E-state index contributed by atoms with van der Waals surface area (Å²) in [5.74, 6) is 1.30. The zero-order valence-electron chi connectivity index (χ0n) is 10.7. The molecule has 0 unspecified atom stereocenters. The third-order valence-corrected chi connectivity index (χ3v) is 2.60. The summed E-state index contributed by atoms with van der Waals surface area (Å²) < 4.78 is 5.74. The standard InChI is InChI=1S/C15H15NO2/c1-10-4-11(2)6-14(5-10)18-15-12(3)7-13(9-17)8-16-15/h4-9H,1-3H3. The van der Waals surface area contributed by atoms with Crippen molar-refractivity contribution in [2.24, 2.45) is 0 Å². The van der Waals surface area contributed by atoms with Crippen LogP contribution in [0.1, 0.15) is 27.0 Å². The second-order valence-electron chi connectivity index (χ2n) is 4.43. The monoisotopic (exact) mass is 241 g/mol. The number of aromatic nitrogens is 1. The molecule has 18 heavy (non-hydrogen) atoms. The van der Waals surface area contributed by atoms with Crippen LogP contribution in [-0.4, -0.2) is 11.3 Å². The highest BCUT2D eigenvalue weighted by molar-refractivity contribution is 5.74. The zero-order chi connectivity index (χ0) is 13.1. The van der Waals surface area contributed by atoms with Crippen molar-refractivity contribution in [3.63, 3.8) is 0 Å². The summed E-state index contributed by atoms with van der Waals surface area (Å²) in [6.45, 7) is 5.92. The summed E-state index contributed by atoms with van der Waals surface area (Å²) in [6, 6.07) is 7.77. The fraction of sp³-hybridized carbons (Fsp3) is 0.200. The number of nitrogens with zero attached hydrogens (tertiary/aromatic N) is 1. The molecule has 0 atom stereocenters. The van der Waals surface area contributed by atoms with Crippen LogP contribution in [0.25, 0.3) is 0 Å². The SMILES string of the molecule is Cc1cc(C)cc(Oc2ncc(C=O)cc2C)c1. The van der Waals surface area contributed by atoms with E-state index in [2.05, 4.69) is 11.1 Å².